The zero-order valence-electron chi connectivity index (χ0n) is 19.7. The molecule has 1 aliphatic carbocycles. The number of carbonyl (C=O) groups is 2. The Morgan fingerprint density at radius 2 is 1.76 bits per heavy atom. The molecule has 3 N–H and O–H groups in total. The Hall–Kier alpha value is -2.52. The van der Waals surface area contributed by atoms with E-state index < -0.39 is 35.5 Å². The first-order valence-electron chi connectivity index (χ1n) is 11.0. The first kappa shape index (κ1) is 26.7. The predicted octanol–water partition coefficient (Wildman–Crippen LogP) is 3.06. The standard InChI is InChI=1S/C25H35NO7/c1-18(2)14-16-31-24(3,26)23-22(30-4)19(13-15-25(23)17-32-25)33-21(29)12-10-8-6-5-7-9-11-20(27)28/h5-12,14,19,22-23H,13,15-17,26H2,1-4H3,(H,27,28)/b7-5+,8-6+,11-9+,12-10+/t19-,22-,23-,24+,25+/m1/s1. The van der Waals surface area contributed by atoms with E-state index in [2.05, 4.69) is 0 Å². The number of carboxylic acids is 1. The van der Waals surface area contributed by atoms with Crippen LogP contribution in [0.1, 0.15) is 33.6 Å². The number of esters is 1. The Bertz CT molecular complexity index is 830. The SMILES string of the molecule is CO[C@@H]1[C@H](OC(=O)/C=C/C=C/C=C/C=C/C(=O)O)CC[C@]2(CO2)[C@H]1[C@@](C)(N)OCC=C(C)C. The number of methoxy groups -OCH3 is 1. The first-order chi connectivity index (χ1) is 15.6. The Labute approximate surface area is 195 Å². The normalized spacial score (nSPS) is 29.2. The maximum absolute atomic E-state index is 12.4. The van der Waals surface area contributed by atoms with Crippen LogP contribution >= 0.6 is 0 Å². The predicted molar refractivity (Wildman–Crippen MR) is 124 cm³/mol. The summed E-state index contributed by atoms with van der Waals surface area (Å²) in [5.74, 6) is -1.81. The summed E-state index contributed by atoms with van der Waals surface area (Å²) in [6.07, 6.45) is 14.1. The van der Waals surface area contributed by atoms with E-state index in [0.717, 1.165) is 11.6 Å². The molecule has 0 amide bonds. The first-order valence-corrected chi connectivity index (χ1v) is 11.0. The van der Waals surface area contributed by atoms with Gasteiger partial charge in [0.1, 0.15) is 23.5 Å². The molecular formula is C25H35NO7. The summed E-state index contributed by atoms with van der Waals surface area (Å²) in [6, 6.07) is 0. The number of hydrogen-bond donors (Lipinski definition) is 2. The van der Waals surface area contributed by atoms with Gasteiger partial charge in [0.2, 0.25) is 0 Å². The van der Waals surface area contributed by atoms with E-state index in [9.17, 15) is 9.59 Å². The lowest BCUT2D eigenvalue weighted by atomic mass is 9.70. The van der Waals surface area contributed by atoms with Gasteiger partial charge in [-0.15, -0.1) is 0 Å². The lowest BCUT2D eigenvalue weighted by Crippen LogP contribution is -2.63. The highest BCUT2D eigenvalue weighted by molar-refractivity contribution is 5.82. The van der Waals surface area contributed by atoms with Crippen molar-refractivity contribution in [3.8, 4) is 0 Å². The van der Waals surface area contributed by atoms with Crippen LogP contribution in [-0.4, -0.2) is 60.9 Å². The summed E-state index contributed by atoms with van der Waals surface area (Å²) in [4.78, 5) is 22.7. The molecule has 2 fully saturated rings. The molecule has 0 aromatic heterocycles. The maximum Gasteiger partial charge on any atom is 0.331 e. The van der Waals surface area contributed by atoms with Crippen molar-refractivity contribution in [3.05, 3.63) is 60.3 Å². The van der Waals surface area contributed by atoms with Crippen molar-refractivity contribution in [1.82, 2.24) is 0 Å². The zero-order valence-corrected chi connectivity index (χ0v) is 19.7. The fraction of sp³-hybridized carbons (Fsp3) is 0.520. The Balaban J connectivity index is 2.00. The minimum atomic E-state index is -1.03. The highest BCUT2D eigenvalue weighted by atomic mass is 16.6. The molecule has 182 valence electrons. The van der Waals surface area contributed by atoms with Gasteiger partial charge in [-0.25, -0.2) is 9.59 Å². The monoisotopic (exact) mass is 461 g/mol. The van der Waals surface area contributed by atoms with Crippen LogP contribution in [0.2, 0.25) is 0 Å². The molecular weight excluding hydrogens is 426 g/mol. The third-order valence-electron chi connectivity index (χ3n) is 5.70. The quantitative estimate of drug-likeness (QED) is 0.120. The molecule has 0 unspecified atom stereocenters. The van der Waals surface area contributed by atoms with E-state index in [1.807, 2.05) is 26.8 Å². The molecule has 8 heteroatoms. The number of epoxide rings is 1. The van der Waals surface area contributed by atoms with Crippen molar-refractivity contribution in [2.24, 2.45) is 11.7 Å². The van der Waals surface area contributed by atoms with E-state index in [4.69, 9.17) is 29.8 Å². The molecule has 0 radical (unpaired) electrons. The second kappa shape index (κ2) is 12.1. The molecule has 5 atom stereocenters. The van der Waals surface area contributed by atoms with Crippen LogP contribution < -0.4 is 5.73 Å². The second-order valence-corrected chi connectivity index (χ2v) is 8.65. The van der Waals surface area contributed by atoms with Crippen molar-refractivity contribution in [1.29, 1.82) is 0 Å². The molecule has 1 saturated heterocycles. The third kappa shape index (κ3) is 8.08. The number of nitrogens with two attached hydrogens (primary N) is 1. The van der Waals surface area contributed by atoms with Gasteiger partial charge in [-0.2, -0.15) is 0 Å². The van der Waals surface area contributed by atoms with Gasteiger partial charge >= 0.3 is 11.9 Å². The summed E-state index contributed by atoms with van der Waals surface area (Å²) in [5.41, 5.74) is 6.28. The van der Waals surface area contributed by atoms with E-state index in [0.29, 0.717) is 26.1 Å². The van der Waals surface area contributed by atoms with Crippen LogP contribution in [-0.2, 0) is 28.5 Å². The summed E-state index contributed by atoms with van der Waals surface area (Å²) < 4.78 is 23.3. The Morgan fingerprint density at radius 1 is 1.15 bits per heavy atom. The zero-order chi connectivity index (χ0) is 24.5. The summed E-state index contributed by atoms with van der Waals surface area (Å²) >= 11 is 0. The number of hydrogen-bond acceptors (Lipinski definition) is 7. The van der Waals surface area contributed by atoms with Gasteiger partial charge < -0.3 is 29.8 Å². The number of aliphatic carboxylic acids is 1. The Morgan fingerprint density at radius 3 is 2.30 bits per heavy atom. The summed E-state index contributed by atoms with van der Waals surface area (Å²) in [7, 11) is 1.58. The molecule has 2 rings (SSSR count). The Kier molecular flexibility index (Phi) is 9.79. The number of allylic oxidation sites excluding steroid dienone is 7. The van der Waals surface area contributed by atoms with Crippen LogP contribution in [0.5, 0.6) is 0 Å². The van der Waals surface area contributed by atoms with Crippen molar-refractivity contribution in [3.63, 3.8) is 0 Å². The fourth-order valence-corrected chi connectivity index (χ4v) is 4.09. The van der Waals surface area contributed by atoms with Crippen LogP contribution in [0.3, 0.4) is 0 Å². The van der Waals surface area contributed by atoms with E-state index in [-0.39, 0.29) is 5.92 Å². The second-order valence-electron chi connectivity index (χ2n) is 8.65. The molecule has 1 aliphatic heterocycles. The average molecular weight is 462 g/mol. The van der Waals surface area contributed by atoms with Gasteiger partial charge in [0.05, 0.1) is 19.1 Å². The van der Waals surface area contributed by atoms with E-state index in [1.54, 1.807) is 37.5 Å². The molecule has 0 aromatic carbocycles. The van der Waals surface area contributed by atoms with Crippen LogP contribution in [0.15, 0.2) is 60.3 Å². The van der Waals surface area contributed by atoms with Crippen LogP contribution in [0, 0.1) is 5.92 Å². The molecule has 1 saturated carbocycles. The van der Waals surface area contributed by atoms with Gasteiger partial charge in [0, 0.05) is 19.3 Å². The number of rotatable bonds is 11. The largest absolute Gasteiger partial charge is 0.478 e. The third-order valence-corrected chi connectivity index (χ3v) is 5.70. The van der Waals surface area contributed by atoms with Gasteiger partial charge in [-0.05, 0) is 33.6 Å². The fourth-order valence-electron chi connectivity index (χ4n) is 4.09. The highest BCUT2D eigenvalue weighted by Crippen LogP contribution is 2.51. The lowest BCUT2D eigenvalue weighted by Gasteiger charge is -2.47. The smallest absolute Gasteiger partial charge is 0.331 e. The van der Waals surface area contributed by atoms with Gasteiger partial charge in [0.25, 0.3) is 0 Å². The summed E-state index contributed by atoms with van der Waals surface area (Å²) in [6.45, 7) is 6.76. The maximum atomic E-state index is 12.4. The van der Waals surface area contributed by atoms with Crippen LogP contribution in [0.25, 0.3) is 0 Å². The van der Waals surface area contributed by atoms with Crippen molar-refractivity contribution in [2.45, 2.75) is 57.1 Å². The van der Waals surface area contributed by atoms with Gasteiger partial charge in [-0.1, -0.05) is 48.1 Å². The van der Waals surface area contributed by atoms with E-state index >= 15 is 0 Å². The minimum Gasteiger partial charge on any atom is -0.478 e. The van der Waals surface area contributed by atoms with Gasteiger partial charge in [-0.3, -0.25) is 0 Å². The lowest BCUT2D eigenvalue weighted by molar-refractivity contribution is -0.191. The molecule has 0 bridgehead atoms. The average Bonchev–Trinajstić information content (AvgIpc) is 3.49. The molecule has 33 heavy (non-hydrogen) atoms. The van der Waals surface area contributed by atoms with Crippen molar-refractivity contribution < 1.29 is 33.6 Å². The molecule has 2 aliphatic rings. The molecule has 1 spiro atoms. The molecule has 1 heterocycles. The number of carboxylic acid groups (broad SMARTS) is 1. The molecule has 0 aromatic rings. The summed E-state index contributed by atoms with van der Waals surface area (Å²) in [5, 5.41) is 8.50. The minimum absolute atomic E-state index is 0.306. The number of ether oxygens (including phenoxy) is 4. The van der Waals surface area contributed by atoms with Crippen molar-refractivity contribution in [2.75, 3.05) is 20.3 Å². The highest BCUT2D eigenvalue weighted by Gasteiger charge is 2.64. The van der Waals surface area contributed by atoms with Crippen LogP contribution in [0.4, 0.5) is 0 Å². The van der Waals surface area contributed by atoms with E-state index in [1.165, 1.54) is 12.2 Å². The topological polar surface area (TPSA) is 121 Å². The molecule has 8 nitrogen and oxygen atoms in total. The number of carbonyl (C=O) groups excluding carboxylic acids is 1. The van der Waals surface area contributed by atoms with Gasteiger partial charge in [0.15, 0.2) is 0 Å². The van der Waals surface area contributed by atoms with Crippen molar-refractivity contribution >= 4 is 11.9 Å².